The summed E-state index contributed by atoms with van der Waals surface area (Å²) in [6.07, 6.45) is 0. The van der Waals surface area contributed by atoms with Gasteiger partial charge in [0.25, 0.3) is 5.91 Å². The van der Waals surface area contributed by atoms with Crippen LogP contribution >= 0.6 is 12.2 Å². The Balaban J connectivity index is 2.20. The molecule has 1 aromatic carbocycles. The number of carbonyl (C=O) groups is 1. The molecule has 1 aliphatic rings. The molecule has 86 valence electrons. The van der Waals surface area contributed by atoms with Crippen molar-refractivity contribution in [2.75, 3.05) is 4.90 Å². The third kappa shape index (κ3) is 1.34. The summed E-state index contributed by atoms with van der Waals surface area (Å²) in [5.41, 5.74) is 0.803. The topological polar surface area (TPSA) is 53.9 Å². The summed E-state index contributed by atoms with van der Waals surface area (Å²) in [5.74, 6) is 0.539. The number of rotatable bonds is 1. The van der Waals surface area contributed by atoms with E-state index in [1.165, 1.54) is 0 Å². The molecule has 1 aliphatic heterocycles. The van der Waals surface area contributed by atoms with Crippen LogP contribution in [0.3, 0.4) is 0 Å². The zero-order chi connectivity index (χ0) is 12.0. The minimum Gasteiger partial charge on any atom is -0.273 e. The van der Waals surface area contributed by atoms with E-state index in [9.17, 15) is 4.79 Å². The lowest BCUT2D eigenvalue weighted by Crippen LogP contribution is -2.23. The van der Waals surface area contributed by atoms with Gasteiger partial charge in [0.1, 0.15) is 6.04 Å². The van der Waals surface area contributed by atoms with Gasteiger partial charge in [-0.3, -0.25) is 9.36 Å². The predicted molar refractivity (Wildman–Crippen MR) is 65.7 cm³/mol. The molecule has 0 spiro atoms. The summed E-state index contributed by atoms with van der Waals surface area (Å²) >= 11 is 5.11. The summed E-state index contributed by atoms with van der Waals surface area (Å²) < 4.78 is 2.20. The molecule has 0 bridgehead atoms. The first-order valence-electron chi connectivity index (χ1n) is 5.26. The summed E-state index contributed by atoms with van der Waals surface area (Å²) in [4.78, 5) is 13.8. The smallest absolute Gasteiger partial charge is 0.256 e. The molecule has 1 amide bonds. The maximum absolute atomic E-state index is 12.2. The van der Waals surface area contributed by atoms with E-state index >= 15 is 0 Å². The molecule has 3 rings (SSSR count). The second-order valence-corrected chi connectivity index (χ2v) is 4.27. The predicted octanol–water partition coefficient (Wildman–Crippen LogP) is 2.18. The third-order valence-electron chi connectivity index (χ3n) is 2.87. The molecule has 17 heavy (non-hydrogen) atoms. The number of carbonyl (C=O) groups excluding carboxylic acids is 1. The van der Waals surface area contributed by atoms with E-state index in [1.807, 2.05) is 37.3 Å². The average Bonchev–Trinajstić information content (AvgIpc) is 2.82. The Morgan fingerprint density at radius 3 is 2.76 bits per heavy atom. The number of amides is 1. The number of aromatic nitrogens is 3. The fourth-order valence-corrected chi connectivity index (χ4v) is 2.30. The molecule has 2 heterocycles. The van der Waals surface area contributed by atoms with Crippen LogP contribution < -0.4 is 4.90 Å². The summed E-state index contributed by atoms with van der Waals surface area (Å²) in [5, 5.41) is 6.82. The monoisotopic (exact) mass is 246 g/mol. The van der Waals surface area contributed by atoms with Crippen molar-refractivity contribution in [3.05, 3.63) is 35.1 Å². The molecule has 0 fully saturated rings. The number of benzene rings is 1. The van der Waals surface area contributed by atoms with E-state index in [1.54, 1.807) is 9.47 Å². The van der Waals surface area contributed by atoms with Crippen molar-refractivity contribution in [2.45, 2.75) is 13.0 Å². The zero-order valence-corrected chi connectivity index (χ0v) is 9.94. The standard InChI is InChI=1S/C11H10N4OS/c1-7-9(16)15(8-5-3-2-4-6-8)10-12-13-11(17)14(7)10/h2-7H,1H3,(H,13,17). The second-order valence-electron chi connectivity index (χ2n) is 3.88. The van der Waals surface area contributed by atoms with Crippen molar-refractivity contribution in [3.63, 3.8) is 0 Å². The van der Waals surface area contributed by atoms with Crippen LogP contribution in [0.15, 0.2) is 30.3 Å². The highest BCUT2D eigenvalue weighted by molar-refractivity contribution is 7.71. The average molecular weight is 246 g/mol. The molecule has 6 heteroatoms. The Morgan fingerprint density at radius 1 is 1.35 bits per heavy atom. The van der Waals surface area contributed by atoms with Gasteiger partial charge in [-0.05, 0) is 31.3 Å². The first-order chi connectivity index (χ1) is 8.20. The molecular formula is C11H10N4OS. The first kappa shape index (κ1) is 10.2. The number of para-hydroxylation sites is 1. The summed E-state index contributed by atoms with van der Waals surface area (Å²) in [6, 6.07) is 9.12. The van der Waals surface area contributed by atoms with Gasteiger partial charge in [-0.2, -0.15) is 0 Å². The molecule has 2 aromatic rings. The molecule has 5 nitrogen and oxygen atoms in total. The summed E-state index contributed by atoms with van der Waals surface area (Å²) in [7, 11) is 0. The number of hydrogen-bond donors (Lipinski definition) is 1. The number of hydrogen-bond acceptors (Lipinski definition) is 3. The Labute approximate surface area is 103 Å². The lowest BCUT2D eigenvalue weighted by molar-refractivity contribution is -0.119. The van der Waals surface area contributed by atoms with Gasteiger partial charge in [0.05, 0.1) is 5.69 Å². The Kier molecular flexibility index (Phi) is 2.12. The van der Waals surface area contributed by atoms with Crippen LogP contribution in [0.25, 0.3) is 0 Å². The van der Waals surface area contributed by atoms with Gasteiger partial charge >= 0.3 is 0 Å². The van der Waals surface area contributed by atoms with Gasteiger partial charge in [0.15, 0.2) is 4.77 Å². The van der Waals surface area contributed by atoms with Gasteiger partial charge in [-0.1, -0.05) is 18.2 Å². The minimum absolute atomic E-state index is 0.0150. The minimum atomic E-state index is -0.309. The van der Waals surface area contributed by atoms with Gasteiger partial charge in [0, 0.05) is 0 Å². The number of nitrogens with one attached hydrogen (secondary N) is 1. The highest BCUT2D eigenvalue weighted by Gasteiger charge is 2.37. The molecule has 0 radical (unpaired) electrons. The van der Waals surface area contributed by atoms with Gasteiger partial charge in [0.2, 0.25) is 5.95 Å². The van der Waals surface area contributed by atoms with E-state index in [-0.39, 0.29) is 11.9 Å². The van der Waals surface area contributed by atoms with Crippen LogP contribution in [0.4, 0.5) is 11.6 Å². The van der Waals surface area contributed by atoms with Gasteiger partial charge < -0.3 is 0 Å². The normalized spacial score (nSPS) is 18.5. The van der Waals surface area contributed by atoms with E-state index in [2.05, 4.69) is 10.2 Å². The van der Waals surface area contributed by atoms with Crippen molar-refractivity contribution in [1.29, 1.82) is 0 Å². The molecule has 1 unspecified atom stereocenters. The van der Waals surface area contributed by atoms with Crippen LogP contribution in [0.1, 0.15) is 13.0 Å². The molecule has 1 N–H and O–H groups in total. The lowest BCUT2D eigenvalue weighted by Gasteiger charge is -2.13. The lowest BCUT2D eigenvalue weighted by atomic mass is 10.2. The van der Waals surface area contributed by atoms with E-state index in [4.69, 9.17) is 12.2 Å². The van der Waals surface area contributed by atoms with Crippen LogP contribution in [-0.4, -0.2) is 20.7 Å². The highest BCUT2D eigenvalue weighted by Crippen LogP contribution is 2.34. The Hall–Kier alpha value is -1.95. The van der Waals surface area contributed by atoms with E-state index in [0.29, 0.717) is 10.7 Å². The number of anilines is 2. The molecule has 1 aromatic heterocycles. The van der Waals surface area contributed by atoms with Crippen LogP contribution in [0.5, 0.6) is 0 Å². The van der Waals surface area contributed by atoms with Crippen molar-refractivity contribution in [2.24, 2.45) is 0 Å². The fraction of sp³-hybridized carbons (Fsp3) is 0.182. The quantitative estimate of drug-likeness (QED) is 0.785. The fourth-order valence-electron chi connectivity index (χ4n) is 2.02. The van der Waals surface area contributed by atoms with Crippen molar-refractivity contribution in [3.8, 4) is 0 Å². The van der Waals surface area contributed by atoms with Gasteiger partial charge in [-0.15, -0.1) is 5.10 Å². The van der Waals surface area contributed by atoms with E-state index in [0.717, 1.165) is 5.69 Å². The molecular weight excluding hydrogens is 236 g/mol. The van der Waals surface area contributed by atoms with Crippen molar-refractivity contribution < 1.29 is 4.79 Å². The second kappa shape index (κ2) is 3.53. The van der Waals surface area contributed by atoms with Crippen molar-refractivity contribution in [1.82, 2.24) is 14.8 Å². The molecule has 0 aliphatic carbocycles. The SMILES string of the molecule is CC1C(=O)N(c2ccccc2)c2n[nH]c(=S)n21. The molecule has 0 saturated carbocycles. The van der Waals surface area contributed by atoms with Gasteiger partial charge in [-0.25, -0.2) is 10.00 Å². The first-order valence-corrected chi connectivity index (χ1v) is 5.67. The maximum atomic E-state index is 12.2. The Bertz CT molecular complexity index is 630. The van der Waals surface area contributed by atoms with Crippen LogP contribution in [0, 0.1) is 4.77 Å². The third-order valence-corrected chi connectivity index (χ3v) is 3.15. The maximum Gasteiger partial charge on any atom is 0.256 e. The Morgan fingerprint density at radius 2 is 2.06 bits per heavy atom. The summed E-state index contributed by atoms with van der Waals surface area (Å²) in [6.45, 7) is 1.82. The number of fused-ring (bicyclic) bond motifs is 1. The molecule has 1 atom stereocenters. The highest BCUT2D eigenvalue weighted by atomic mass is 32.1. The number of H-pyrrole nitrogens is 1. The van der Waals surface area contributed by atoms with Crippen LogP contribution in [0.2, 0.25) is 0 Å². The van der Waals surface area contributed by atoms with E-state index < -0.39 is 0 Å². The van der Waals surface area contributed by atoms with Crippen LogP contribution in [-0.2, 0) is 4.79 Å². The number of nitrogens with zero attached hydrogens (tertiary/aromatic N) is 3. The van der Waals surface area contributed by atoms with Crippen molar-refractivity contribution >= 4 is 29.8 Å². The molecule has 0 saturated heterocycles. The largest absolute Gasteiger partial charge is 0.273 e. The zero-order valence-electron chi connectivity index (χ0n) is 9.12. The number of aromatic amines is 1.